The topological polar surface area (TPSA) is 27.7 Å². The summed E-state index contributed by atoms with van der Waals surface area (Å²) in [5.74, 6) is 2.96. The van der Waals surface area contributed by atoms with Crippen molar-refractivity contribution in [3.05, 3.63) is 0 Å². The van der Waals surface area contributed by atoms with Gasteiger partial charge in [-0.2, -0.15) is 0 Å². The Morgan fingerprint density at radius 3 is 1.87 bits per heavy atom. The normalized spacial score (nSPS) is 53.2. The molecule has 0 aromatic rings. The van der Waals surface area contributed by atoms with E-state index in [0.29, 0.717) is 11.8 Å². The Hall–Kier alpha value is -0.120. The third-order valence-electron chi connectivity index (χ3n) is 4.71. The molecule has 15 heavy (non-hydrogen) atoms. The third-order valence-corrected chi connectivity index (χ3v) is 4.71. The number of methoxy groups -OCH3 is 2. The molecular formula is C12H20O3. The van der Waals surface area contributed by atoms with Crippen molar-refractivity contribution in [2.45, 2.75) is 38.3 Å². The maximum atomic E-state index is 5.88. The van der Waals surface area contributed by atoms with Gasteiger partial charge in [-0.1, -0.05) is 0 Å². The summed E-state index contributed by atoms with van der Waals surface area (Å²) < 4.78 is 16.8. The Balaban J connectivity index is 1.85. The van der Waals surface area contributed by atoms with Gasteiger partial charge >= 0.3 is 0 Å². The number of ether oxygens (including phenoxy) is 3. The molecule has 3 fully saturated rings. The van der Waals surface area contributed by atoms with Gasteiger partial charge in [0, 0.05) is 26.1 Å². The lowest BCUT2D eigenvalue weighted by molar-refractivity contribution is -0.302. The molecule has 2 saturated carbocycles. The molecule has 0 radical (unpaired) electrons. The molecule has 86 valence electrons. The highest BCUT2D eigenvalue weighted by Gasteiger charge is 2.55. The largest absolute Gasteiger partial charge is 0.355 e. The van der Waals surface area contributed by atoms with Crippen molar-refractivity contribution in [2.75, 3.05) is 14.2 Å². The van der Waals surface area contributed by atoms with Gasteiger partial charge in [0.15, 0.2) is 12.6 Å². The van der Waals surface area contributed by atoms with Crippen LogP contribution in [0.3, 0.4) is 0 Å². The van der Waals surface area contributed by atoms with Crippen LogP contribution in [0.5, 0.6) is 0 Å². The minimum Gasteiger partial charge on any atom is -0.355 e. The number of hydrogen-bond donors (Lipinski definition) is 0. The predicted octanol–water partition coefficient (Wildman–Crippen LogP) is 2.01. The molecule has 3 nitrogen and oxygen atoms in total. The minimum absolute atomic E-state index is 0.0284. The van der Waals surface area contributed by atoms with Gasteiger partial charge in [-0.25, -0.2) is 0 Å². The van der Waals surface area contributed by atoms with Crippen molar-refractivity contribution in [3.8, 4) is 0 Å². The van der Waals surface area contributed by atoms with Gasteiger partial charge < -0.3 is 14.2 Å². The van der Waals surface area contributed by atoms with Crippen LogP contribution in [0.4, 0.5) is 0 Å². The average Bonchev–Trinajstić information content (AvgIpc) is 2.86. The smallest absolute Gasteiger partial charge is 0.163 e. The summed E-state index contributed by atoms with van der Waals surface area (Å²) in [6, 6.07) is 0. The first-order chi connectivity index (χ1) is 7.35. The second-order valence-corrected chi connectivity index (χ2v) is 5.16. The summed E-state index contributed by atoms with van der Waals surface area (Å²) in [6.45, 7) is 0. The lowest BCUT2D eigenvalue weighted by Crippen LogP contribution is -2.46. The van der Waals surface area contributed by atoms with Crippen LogP contribution in [0.15, 0.2) is 0 Å². The standard InChI is InChI=1S/C12H20O3/c1-13-11-8-5-3-7-4-6-9(10(7)8)12(14-2)15-11/h7-12H,3-6H2,1-2H3/t7?,8-,9+,10?,11-,12-/m0/s1. The molecule has 6 atom stereocenters. The van der Waals surface area contributed by atoms with Crippen molar-refractivity contribution in [3.63, 3.8) is 0 Å². The van der Waals surface area contributed by atoms with Crippen LogP contribution in [0.2, 0.25) is 0 Å². The van der Waals surface area contributed by atoms with E-state index < -0.39 is 0 Å². The van der Waals surface area contributed by atoms with E-state index in [2.05, 4.69) is 0 Å². The second kappa shape index (κ2) is 3.72. The highest BCUT2D eigenvalue weighted by atomic mass is 16.8. The zero-order valence-corrected chi connectivity index (χ0v) is 9.52. The van der Waals surface area contributed by atoms with Crippen molar-refractivity contribution in [2.24, 2.45) is 23.7 Å². The Morgan fingerprint density at radius 1 is 0.867 bits per heavy atom. The van der Waals surface area contributed by atoms with E-state index in [4.69, 9.17) is 14.2 Å². The first-order valence-corrected chi connectivity index (χ1v) is 6.06. The van der Waals surface area contributed by atoms with Crippen LogP contribution in [0, 0.1) is 23.7 Å². The summed E-state index contributed by atoms with van der Waals surface area (Å²) in [5, 5.41) is 0. The molecule has 0 amide bonds. The Bertz CT molecular complexity index is 221. The van der Waals surface area contributed by atoms with E-state index >= 15 is 0 Å². The summed E-state index contributed by atoms with van der Waals surface area (Å²) >= 11 is 0. The molecule has 2 aliphatic carbocycles. The molecule has 3 rings (SSSR count). The van der Waals surface area contributed by atoms with Gasteiger partial charge in [0.2, 0.25) is 0 Å². The molecule has 0 aromatic carbocycles. The Labute approximate surface area is 91.1 Å². The van der Waals surface area contributed by atoms with Crippen LogP contribution in [0.25, 0.3) is 0 Å². The van der Waals surface area contributed by atoms with Crippen molar-refractivity contribution in [1.82, 2.24) is 0 Å². The van der Waals surface area contributed by atoms with Crippen LogP contribution in [0.1, 0.15) is 25.7 Å². The van der Waals surface area contributed by atoms with Gasteiger partial charge in [-0.05, 0) is 37.5 Å². The van der Waals surface area contributed by atoms with Crippen molar-refractivity contribution < 1.29 is 14.2 Å². The fraction of sp³-hybridized carbons (Fsp3) is 1.00. The Morgan fingerprint density at radius 2 is 1.40 bits per heavy atom. The molecular weight excluding hydrogens is 192 g/mol. The zero-order valence-electron chi connectivity index (χ0n) is 9.52. The number of hydrogen-bond acceptors (Lipinski definition) is 3. The van der Waals surface area contributed by atoms with E-state index in [1.165, 1.54) is 25.7 Å². The van der Waals surface area contributed by atoms with Gasteiger partial charge in [-0.15, -0.1) is 0 Å². The fourth-order valence-corrected chi connectivity index (χ4v) is 4.17. The Kier molecular flexibility index (Phi) is 2.49. The van der Waals surface area contributed by atoms with Crippen LogP contribution in [-0.4, -0.2) is 26.8 Å². The molecule has 2 unspecified atom stereocenters. The minimum atomic E-state index is -0.0284. The van der Waals surface area contributed by atoms with Crippen LogP contribution < -0.4 is 0 Å². The van der Waals surface area contributed by atoms with E-state index in [-0.39, 0.29) is 12.6 Å². The molecule has 3 aliphatic rings. The molecule has 1 saturated heterocycles. The molecule has 0 spiro atoms. The van der Waals surface area contributed by atoms with Gasteiger partial charge in [-0.3, -0.25) is 0 Å². The van der Waals surface area contributed by atoms with E-state index in [0.717, 1.165) is 11.8 Å². The lowest BCUT2D eigenvalue weighted by atomic mass is 9.81. The summed E-state index contributed by atoms with van der Waals surface area (Å²) in [4.78, 5) is 0. The third kappa shape index (κ3) is 1.37. The van der Waals surface area contributed by atoms with Crippen LogP contribution in [-0.2, 0) is 14.2 Å². The predicted molar refractivity (Wildman–Crippen MR) is 55.1 cm³/mol. The van der Waals surface area contributed by atoms with E-state index in [1.54, 1.807) is 14.2 Å². The fourth-order valence-electron chi connectivity index (χ4n) is 4.17. The molecule has 0 N–H and O–H groups in total. The first-order valence-electron chi connectivity index (χ1n) is 6.06. The molecule has 0 bridgehead atoms. The van der Waals surface area contributed by atoms with E-state index in [1.807, 2.05) is 0 Å². The zero-order chi connectivity index (χ0) is 10.4. The van der Waals surface area contributed by atoms with E-state index in [9.17, 15) is 0 Å². The molecule has 3 heteroatoms. The highest BCUT2D eigenvalue weighted by molar-refractivity contribution is 4.99. The summed E-state index contributed by atoms with van der Waals surface area (Å²) in [5.41, 5.74) is 0. The summed E-state index contributed by atoms with van der Waals surface area (Å²) in [7, 11) is 3.50. The van der Waals surface area contributed by atoms with Gasteiger partial charge in [0.1, 0.15) is 0 Å². The SMILES string of the molecule is CO[C@H]1O[C@H](OC)[C@H]2CCC3CC[C@@H]1C32. The van der Waals surface area contributed by atoms with Crippen molar-refractivity contribution >= 4 is 0 Å². The van der Waals surface area contributed by atoms with Gasteiger partial charge in [0.25, 0.3) is 0 Å². The lowest BCUT2D eigenvalue weighted by Gasteiger charge is -2.41. The quantitative estimate of drug-likeness (QED) is 0.701. The first kappa shape index (κ1) is 10.1. The monoisotopic (exact) mass is 212 g/mol. The molecule has 0 aromatic heterocycles. The summed E-state index contributed by atoms with van der Waals surface area (Å²) in [6.07, 6.45) is 5.23. The second-order valence-electron chi connectivity index (χ2n) is 5.16. The molecule has 1 heterocycles. The van der Waals surface area contributed by atoms with Crippen LogP contribution >= 0.6 is 0 Å². The maximum Gasteiger partial charge on any atom is 0.163 e. The molecule has 1 aliphatic heterocycles. The average molecular weight is 212 g/mol. The highest BCUT2D eigenvalue weighted by Crippen LogP contribution is 2.56. The number of rotatable bonds is 2. The maximum absolute atomic E-state index is 5.88. The van der Waals surface area contributed by atoms with Gasteiger partial charge in [0.05, 0.1) is 0 Å². The van der Waals surface area contributed by atoms with Crippen molar-refractivity contribution in [1.29, 1.82) is 0 Å².